The molecule has 0 aliphatic rings. The van der Waals surface area contributed by atoms with Crippen LogP contribution in [0.25, 0.3) is 10.6 Å². The number of thiazole rings is 2. The van der Waals surface area contributed by atoms with Crippen LogP contribution in [-0.4, -0.2) is 16.5 Å². The molecular formula is C13H19N3S2. The van der Waals surface area contributed by atoms with Gasteiger partial charge in [0.2, 0.25) is 0 Å². The van der Waals surface area contributed by atoms with Gasteiger partial charge in [0.15, 0.2) is 5.13 Å². The van der Waals surface area contributed by atoms with Crippen LogP contribution in [0.5, 0.6) is 0 Å². The maximum atomic E-state index is 4.65. The lowest BCUT2D eigenvalue weighted by atomic mass is 10.2. The van der Waals surface area contributed by atoms with E-state index in [4.69, 9.17) is 0 Å². The van der Waals surface area contributed by atoms with E-state index in [1.807, 2.05) is 0 Å². The molecule has 0 aliphatic carbocycles. The molecule has 1 N–H and O–H groups in total. The van der Waals surface area contributed by atoms with Gasteiger partial charge in [-0.05, 0) is 19.3 Å². The van der Waals surface area contributed by atoms with Gasteiger partial charge in [-0.25, -0.2) is 9.97 Å². The number of aryl methyl sites for hydroxylation is 2. The first-order valence-electron chi connectivity index (χ1n) is 6.26. The first kappa shape index (κ1) is 13.5. The van der Waals surface area contributed by atoms with Gasteiger partial charge in [-0.15, -0.1) is 22.7 Å². The van der Waals surface area contributed by atoms with Gasteiger partial charge < -0.3 is 5.32 Å². The fourth-order valence-corrected chi connectivity index (χ4v) is 3.41. The van der Waals surface area contributed by atoms with E-state index in [1.165, 1.54) is 10.6 Å². The van der Waals surface area contributed by atoms with Crippen LogP contribution >= 0.6 is 22.7 Å². The second-order valence-corrected chi connectivity index (χ2v) is 6.74. The molecule has 98 valence electrons. The minimum absolute atomic E-state index is 0.634. The van der Waals surface area contributed by atoms with Crippen molar-refractivity contribution in [1.82, 2.24) is 9.97 Å². The van der Waals surface area contributed by atoms with Crippen molar-refractivity contribution in [1.29, 1.82) is 0 Å². The summed E-state index contributed by atoms with van der Waals surface area (Å²) in [7, 11) is 0. The molecule has 0 fully saturated rings. The van der Waals surface area contributed by atoms with Gasteiger partial charge in [-0.1, -0.05) is 20.8 Å². The van der Waals surface area contributed by atoms with Gasteiger partial charge in [-0.2, -0.15) is 0 Å². The maximum absolute atomic E-state index is 4.65. The largest absolute Gasteiger partial charge is 0.361 e. The Kier molecular flexibility index (Phi) is 4.35. The van der Waals surface area contributed by atoms with Crippen LogP contribution in [0, 0.1) is 12.8 Å². The number of nitrogens with one attached hydrogen (secondary N) is 1. The van der Waals surface area contributed by atoms with Crippen LogP contribution in [0.15, 0.2) is 5.38 Å². The highest BCUT2D eigenvalue weighted by molar-refractivity contribution is 7.16. The topological polar surface area (TPSA) is 37.8 Å². The lowest BCUT2D eigenvalue weighted by Crippen LogP contribution is -2.07. The fraction of sp³-hybridized carbons (Fsp3) is 0.538. The van der Waals surface area contributed by atoms with Crippen molar-refractivity contribution in [2.45, 2.75) is 34.1 Å². The van der Waals surface area contributed by atoms with Gasteiger partial charge in [0.05, 0.1) is 21.3 Å². The van der Waals surface area contributed by atoms with Gasteiger partial charge in [0.1, 0.15) is 0 Å². The summed E-state index contributed by atoms with van der Waals surface area (Å²) in [5.41, 5.74) is 2.23. The normalized spacial score (nSPS) is 11.2. The van der Waals surface area contributed by atoms with Crippen LogP contribution in [0.2, 0.25) is 0 Å². The Morgan fingerprint density at radius 1 is 1.33 bits per heavy atom. The summed E-state index contributed by atoms with van der Waals surface area (Å²) in [6.07, 6.45) is 0.964. The molecule has 0 spiro atoms. The number of rotatable bonds is 5. The third kappa shape index (κ3) is 3.09. The van der Waals surface area contributed by atoms with Crippen molar-refractivity contribution in [2.75, 3.05) is 11.9 Å². The van der Waals surface area contributed by atoms with E-state index in [1.54, 1.807) is 22.7 Å². The molecule has 0 unspecified atom stereocenters. The molecule has 0 atom stereocenters. The Morgan fingerprint density at radius 2 is 2.11 bits per heavy atom. The molecule has 2 aromatic rings. The summed E-state index contributed by atoms with van der Waals surface area (Å²) in [4.78, 5) is 10.4. The van der Waals surface area contributed by atoms with Crippen molar-refractivity contribution < 1.29 is 0 Å². The van der Waals surface area contributed by atoms with E-state index in [0.717, 1.165) is 28.8 Å². The van der Waals surface area contributed by atoms with Crippen molar-refractivity contribution in [3.63, 3.8) is 0 Å². The van der Waals surface area contributed by atoms with E-state index in [-0.39, 0.29) is 0 Å². The van der Waals surface area contributed by atoms with Gasteiger partial charge >= 0.3 is 0 Å². The fourth-order valence-electron chi connectivity index (χ4n) is 1.66. The van der Waals surface area contributed by atoms with Gasteiger partial charge in [-0.3, -0.25) is 0 Å². The zero-order valence-corrected chi connectivity index (χ0v) is 12.9. The van der Waals surface area contributed by atoms with Crippen LogP contribution in [0.3, 0.4) is 0 Å². The number of nitrogens with zero attached hydrogens (tertiary/aromatic N) is 2. The van der Waals surface area contributed by atoms with E-state index >= 15 is 0 Å². The molecule has 5 heteroatoms. The average molecular weight is 281 g/mol. The van der Waals surface area contributed by atoms with Crippen LogP contribution < -0.4 is 5.32 Å². The zero-order chi connectivity index (χ0) is 13.1. The summed E-state index contributed by atoms with van der Waals surface area (Å²) in [5.74, 6) is 0.634. The summed E-state index contributed by atoms with van der Waals surface area (Å²) in [6, 6.07) is 0. The number of hydrogen-bond acceptors (Lipinski definition) is 5. The molecule has 0 amide bonds. The summed E-state index contributed by atoms with van der Waals surface area (Å²) in [6.45, 7) is 9.56. The summed E-state index contributed by atoms with van der Waals surface area (Å²) >= 11 is 3.41. The van der Waals surface area contributed by atoms with Crippen molar-refractivity contribution >= 4 is 27.8 Å². The lowest BCUT2D eigenvalue weighted by molar-refractivity contribution is 0.688. The molecule has 0 aromatic carbocycles. The minimum Gasteiger partial charge on any atom is -0.361 e. The SMILES string of the molecule is CCc1nc(C)sc1-c1csc(NCC(C)C)n1. The molecule has 2 rings (SSSR count). The Balaban J connectivity index is 2.18. The highest BCUT2D eigenvalue weighted by Gasteiger charge is 2.13. The average Bonchev–Trinajstić information content (AvgIpc) is 2.92. The van der Waals surface area contributed by atoms with Crippen LogP contribution in [0.4, 0.5) is 5.13 Å². The Morgan fingerprint density at radius 3 is 2.78 bits per heavy atom. The van der Waals surface area contributed by atoms with Crippen molar-refractivity contribution in [2.24, 2.45) is 5.92 Å². The first-order chi connectivity index (χ1) is 8.60. The van der Waals surface area contributed by atoms with Gasteiger partial charge in [0.25, 0.3) is 0 Å². The molecule has 2 heterocycles. The molecule has 2 aromatic heterocycles. The number of anilines is 1. The van der Waals surface area contributed by atoms with E-state index in [9.17, 15) is 0 Å². The highest BCUT2D eigenvalue weighted by atomic mass is 32.1. The Labute approximate surface area is 116 Å². The second kappa shape index (κ2) is 5.80. The van der Waals surface area contributed by atoms with Crippen molar-refractivity contribution in [3.05, 3.63) is 16.1 Å². The molecule has 0 aliphatic heterocycles. The minimum atomic E-state index is 0.634. The monoisotopic (exact) mass is 281 g/mol. The predicted octanol–water partition coefficient (Wildman–Crippen LogP) is 4.21. The molecule has 3 nitrogen and oxygen atoms in total. The van der Waals surface area contributed by atoms with Crippen LogP contribution in [0.1, 0.15) is 31.5 Å². The smallest absolute Gasteiger partial charge is 0.183 e. The molecular weight excluding hydrogens is 262 g/mol. The van der Waals surface area contributed by atoms with Crippen LogP contribution in [-0.2, 0) is 6.42 Å². The first-order valence-corrected chi connectivity index (χ1v) is 7.95. The molecule has 18 heavy (non-hydrogen) atoms. The molecule has 0 saturated heterocycles. The van der Waals surface area contributed by atoms with E-state index < -0.39 is 0 Å². The lowest BCUT2D eigenvalue weighted by Gasteiger charge is -2.04. The van der Waals surface area contributed by atoms with Gasteiger partial charge in [0, 0.05) is 11.9 Å². The zero-order valence-electron chi connectivity index (χ0n) is 11.3. The molecule has 0 saturated carbocycles. The van der Waals surface area contributed by atoms with E-state index in [2.05, 4.69) is 48.4 Å². The predicted molar refractivity (Wildman–Crippen MR) is 80.7 cm³/mol. The third-order valence-corrected chi connectivity index (χ3v) is 4.37. The second-order valence-electron chi connectivity index (χ2n) is 4.67. The highest BCUT2D eigenvalue weighted by Crippen LogP contribution is 2.32. The quantitative estimate of drug-likeness (QED) is 0.892. The van der Waals surface area contributed by atoms with Crippen molar-refractivity contribution in [3.8, 4) is 10.6 Å². The summed E-state index contributed by atoms with van der Waals surface area (Å²) in [5, 5.41) is 7.61. The number of aromatic nitrogens is 2. The van der Waals surface area contributed by atoms with E-state index in [0.29, 0.717) is 5.92 Å². The number of hydrogen-bond donors (Lipinski definition) is 1. The summed E-state index contributed by atoms with van der Waals surface area (Å²) < 4.78 is 0. The molecule has 0 bridgehead atoms. The molecule has 0 radical (unpaired) electrons. The Bertz CT molecular complexity index is 514. The maximum Gasteiger partial charge on any atom is 0.183 e. The Hall–Kier alpha value is -0.940. The standard InChI is InChI=1S/C13H19N3S2/c1-5-10-12(18-9(4)15-10)11-7-17-13(16-11)14-6-8(2)3/h7-8H,5-6H2,1-4H3,(H,14,16). The third-order valence-electron chi connectivity index (χ3n) is 2.54.